The topological polar surface area (TPSA) is 21.8 Å². The predicted molar refractivity (Wildman–Crippen MR) is 56.4 cm³/mol. The third-order valence-electron chi connectivity index (χ3n) is 3.02. The molecule has 1 heterocycles. The van der Waals surface area contributed by atoms with Crippen molar-refractivity contribution in [3.05, 3.63) is 0 Å². The average molecular weight is 198 g/mol. The van der Waals surface area contributed by atoms with E-state index in [-0.39, 0.29) is 0 Å². The number of hydrogen-bond acceptors (Lipinski definition) is 2. The lowest BCUT2D eigenvalue weighted by molar-refractivity contribution is 0.120. The smallest absolute Gasteiger partial charge is 0.0810 e. The number of unbranched alkanes of at least 4 members (excludes halogenated alkanes) is 3. The zero-order valence-electron chi connectivity index (χ0n) is 9.04. The molecule has 1 atom stereocenters. The van der Waals surface area contributed by atoms with Gasteiger partial charge >= 0.3 is 0 Å². The lowest BCUT2D eigenvalue weighted by Crippen LogP contribution is -1.98. The first-order valence-electron chi connectivity index (χ1n) is 6.14. The molecule has 1 aliphatic carbocycles. The van der Waals surface area contributed by atoms with E-state index in [2.05, 4.69) is 0 Å². The molecule has 14 heavy (non-hydrogen) atoms. The second-order valence-corrected chi connectivity index (χ2v) is 4.68. The van der Waals surface area contributed by atoms with E-state index < -0.39 is 0 Å². The number of epoxide rings is 1. The summed E-state index contributed by atoms with van der Waals surface area (Å²) in [5.74, 6) is 0.919. The lowest BCUT2D eigenvalue weighted by atomic mass is 10.1. The van der Waals surface area contributed by atoms with Gasteiger partial charge in [0.25, 0.3) is 0 Å². The Kier molecular flexibility index (Phi) is 4.26. The fraction of sp³-hybridized carbons (Fsp3) is 1.00. The second-order valence-electron chi connectivity index (χ2n) is 4.68. The molecule has 2 heteroatoms. The molecule has 2 nitrogen and oxygen atoms in total. The number of rotatable bonds is 9. The van der Waals surface area contributed by atoms with Gasteiger partial charge < -0.3 is 9.47 Å². The quantitative estimate of drug-likeness (QED) is 0.420. The highest BCUT2D eigenvalue weighted by Gasteiger charge is 2.21. The maximum Gasteiger partial charge on any atom is 0.0810 e. The SMILES string of the molecule is C(CCCC1CO1)CCOCC1CC1. The maximum atomic E-state index is 5.57. The van der Waals surface area contributed by atoms with Gasteiger partial charge in [0.1, 0.15) is 0 Å². The molecule has 2 rings (SSSR count). The average Bonchev–Trinajstić information content (AvgIpc) is 3.00. The Hall–Kier alpha value is -0.0800. The Morgan fingerprint density at radius 1 is 1.07 bits per heavy atom. The van der Waals surface area contributed by atoms with E-state index in [1.54, 1.807) is 0 Å². The zero-order chi connectivity index (χ0) is 9.64. The first-order chi connectivity index (χ1) is 6.95. The van der Waals surface area contributed by atoms with Crippen LogP contribution >= 0.6 is 0 Å². The van der Waals surface area contributed by atoms with Crippen molar-refractivity contribution in [3.8, 4) is 0 Å². The summed E-state index contributed by atoms with van der Waals surface area (Å²) < 4.78 is 10.7. The third-order valence-corrected chi connectivity index (χ3v) is 3.02. The van der Waals surface area contributed by atoms with Crippen LogP contribution in [0.25, 0.3) is 0 Å². The Labute approximate surface area is 87.0 Å². The molecule has 2 aliphatic rings. The molecule has 0 spiro atoms. The van der Waals surface area contributed by atoms with Gasteiger partial charge in [0, 0.05) is 13.2 Å². The molecule has 82 valence electrons. The molecular formula is C12H22O2. The van der Waals surface area contributed by atoms with Crippen molar-refractivity contribution in [2.75, 3.05) is 19.8 Å². The molecular weight excluding hydrogens is 176 g/mol. The van der Waals surface area contributed by atoms with Gasteiger partial charge in [-0.1, -0.05) is 19.3 Å². The van der Waals surface area contributed by atoms with Crippen molar-refractivity contribution in [1.82, 2.24) is 0 Å². The minimum atomic E-state index is 0.626. The molecule has 0 bridgehead atoms. The number of ether oxygens (including phenoxy) is 2. The van der Waals surface area contributed by atoms with Crippen LogP contribution in [0.3, 0.4) is 0 Å². The van der Waals surface area contributed by atoms with Crippen LogP contribution in [-0.4, -0.2) is 25.9 Å². The molecule has 0 radical (unpaired) electrons. The van der Waals surface area contributed by atoms with E-state index in [9.17, 15) is 0 Å². The lowest BCUT2D eigenvalue weighted by Gasteiger charge is -2.02. The fourth-order valence-electron chi connectivity index (χ4n) is 1.70. The van der Waals surface area contributed by atoms with Crippen molar-refractivity contribution in [3.63, 3.8) is 0 Å². The highest BCUT2D eigenvalue weighted by atomic mass is 16.6. The molecule has 1 saturated heterocycles. The van der Waals surface area contributed by atoms with E-state index >= 15 is 0 Å². The Morgan fingerprint density at radius 2 is 1.86 bits per heavy atom. The van der Waals surface area contributed by atoms with Gasteiger partial charge in [-0.3, -0.25) is 0 Å². The molecule has 0 aromatic rings. The molecule has 0 amide bonds. The molecule has 0 N–H and O–H groups in total. The van der Waals surface area contributed by atoms with Crippen molar-refractivity contribution in [2.24, 2.45) is 5.92 Å². The summed E-state index contributed by atoms with van der Waals surface area (Å²) in [4.78, 5) is 0. The van der Waals surface area contributed by atoms with Crippen LogP contribution in [0.2, 0.25) is 0 Å². The highest BCUT2D eigenvalue weighted by Crippen LogP contribution is 2.28. The van der Waals surface area contributed by atoms with Crippen molar-refractivity contribution in [1.29, 1.82) is 0 Å². The van der Waals surface area contributed by atoms with E-state index in [1.165, 1.54) is 44.9 Å². The first kappa shape index (κ1) is 10.4. The zero-order valence-corrected chi connectivity index (χ0v) is 9.04. The van der Waals surface area contributed by atoms with Crippen LogP contribution < -0.4 is 0 Å². The van der Waals surface area contributed by atoms with Crippen molar-refractivity contribution >= 4 is 0 Å². The van der Waals surface area contributed by atoms with Crippen LogP contribution in [0.15, 0.2) is 0 Å². The summed E-state index contributed by atoms with van der Waals surface area (Å²) in [6.45, 7) is 3.02. The summed E-state index contributed by atoms with van der Waals surface area (Å²) in [6.07, 6.45) is 9.99. The first-order valence-corrected chi connectivity index (χ1v) is 6.14. The fourth-order valence-corrected chi connectivity index (χ4v) is 1.70. The molecule has 0 aromatic heterocycles. The summed E-state index contributed by atoms with van der Waals surface area (Å²) >= 11 is 0. The van der Waals surface area contributed by atoms with Gasteiger partial charge in [-0.25, -0.2) is 0 Å². The summed E-state index contributed by atoms with van der Waals surface area (Å²) in [5, 5.41) is 0. The Bertz CT molecular complexity index is 132. The molecule has 1 saturated carbocycles. The van der Waals surface area contributed by atoms with Gasteiger partial charge in [0.05, 0.1) is 12.7 Å². The van der Waals surface area contributed by atoms with Crippen LogP contribution in [0, 0.1) is 5.92 Å². The van der Waals surface area contributed by atoms with E-state index in [1.807, 2.05) is 0 Å². The van der Waals surface area contributed by atoms with E-state index in [0.29, 0.717) is 6.10 Å². The monoisotopic (exact) mass is 198 g/mol. The molecule has 1 unspecified atom stereocenters. The minimum Gasteiger partial charge on any atom is -0.381 e. The minimum absolute atomic E-state index is 0.626. The molecule has 1 aliphatic heterocycles. The van der Waals surface area contributed by atoms with Crippen LogP contribution in [0.5, 0.6) is 0 Å². The van der Waals surface area contributed by atoms with Gasteiger partial charge in [-0.2, -0.15) is 0 Å². The summed E-state index contributed by atoms with van der Waals surface area (Å²) in [7, 11) is 0. The van der Waals surface area contributed by atoms with Gasteiger partial charge in [-0.05, 0) is 31.6 Å². The maximum absolute atomic E-state index is 5.57. The van der Waals surface area contributed by atoms with E-state index in [0.717, 1.165) is 25.7 Å². The standard InChI is InChI=1S/C12H22O2/c1(3-5-12-10-14-12)2-4-8-13-9-11-6-7-11/h11-12H,1-10H2. The van der Waals surface area contributed by atoms with Crippen LogP contribution in [-0.2, 0) is 9.47 Å². The van der Waals surface area contributed by atoms with E-state index in [4.69, 9.17) is 9.47 Å². The Balaban J connectivity index is 1.25. The van der Waals surface area contributed by atoms with Crippen LogP contribution in [0.1, 0.15) is 44.9 Å². The molecule has 0 aromatic carbocycles. The van der Waals surface area contributed by atoms with Gasteiger partial charge in [0.15, 0.2) is 0 Å². The molecule has 2 fully saturated rings. The van der Waals surface area contributed by atoms with Crippen molar-refractivity contribution < 1.29 is 9.47 Å². The van der Waals surface area contributed by atoms with Crippen molar-refractivity contribution in [2.45, 2.75) is 51.0 Å². The Morgan fingerprint density at radius 3 is 2.57 bits per heavy atom. The predicted octanol–water partition coefficient (Wildman–Crippen LogP) is 2.76. The largest absolute Gasteiger partial charge is 0.381 e. The summed E-state index contributed by atoms with van der Waals surface area (Å²) in [6, 6.07) is 0. The van der Waals surface area contributed by atoms with Crippen LogP contribution in [0.4, 0.5) is 0 Å². The highest BCUT2D eigenvalue weighted by molar-refractivity contribution is 4.71. The van der Waals surface area contributed by atoms with Gasteiger partial charge in [-0.15, -0.1) is 0 Å². The number of hydrogen-bond donors (Lipinski definition) is 0. The third kappa shape index (κ3) is 4.97. The summed E-state index contributed by atoms with van der Waals surface area (Å²) in [5.41, 5.74) is 0. The normalized spacial score (nSPS) is 25.3. The second kappa shape index (κ2) is 5.72. The van der Waals surface area contributed by atoms with Gasteiger partial charge in [0.2, 0.25) is 0 Å².